The van der Waals surface area contributed by atoms with E-state index in [4.69, 9.17) is 10.2 Å². The van der Waals surface area contributed by atoms with E-state index >= 15 is 0 Å². The van der Waals surface area contributed by atoms with Crippen LogP contribution in [0.5, 0.6) is 0 Å². The second-order valence-electron chi connectivity index (χ2n) is 7.27. The molecule has 7 N–H and O–H groups in total. The van der Waals surface area contributed by atoms with E-state index < -0.39 is 37.2 Å². The average Bonchev–Trinajstić information content (AvgIpc) is 2.61. The Bertz CT molecular complexity index is 600. The molecule has 1 rings (SSSR count). The highest BCUT2D eigenvalue weighted by molar-refractivity contribution is 6.01. The molecule has 152 valence electrons. The zero-order valence-electron chi connectivity index (χ0n) is 15.8. The average molecular weight is 383 g/mol. The molecule has 0 aliphatic heterocycles. The number of hydrogen-bond donors (Lipinski definition) is 7. The van der Waals surface area contributed by atoms with Crippen molar-refractivity contribution in [3.05, 3.63) is 29.3 Å². The highest BCUT2D eigenvalue weighted by atomic mass is 16.3. The van der Waals surface area contributed by atoms with Gasteiger partial charge < -0.3 is 36.4 Å². The number of anilines is 1. The second-order valence-corrected chi connectivity index (χ2v) is 7.27. The van der Waals surface area contributed by atoms with E-state index in [2.05, 4.69) is 16.0 Å². The van der Waals surface area contributed by atoms with Crippen molar-refractivity contribution in [3.8, 4) is 0 Å². The molecule has 1 aromatic rings. The number of hydrogen-bond acceptors (Lipinski definition) is 7. The first-order valence-electron chi connectivity index (χ1n) is 8.63. The number of nitrogens with one attached hydrogen (secondary N) is 3. The molecule has 9 nitrogen and oxygen atoms in total. The zero-order valence-corrected chi connectivity index (χ0v) is 15.8. The van der Waals surface area contributed by atoms with E-state index in [1.807, 2.05) is 20.8 Å². The lowest BCUT2D eigenvalue weighted by Gasteiger charge is -2.23. The van der Waals surface area contributed by atoms with Crippen LogP contribution in [0.3, 0.4) is 0 Å². The number of aliphatic hydroxyl groups is 4. The van der Waals surface area contributed by atoms with Crippen LogP contribution < -0.4 is 16.0 Å². The van der Waals surface area contributed by atoms with Crippen molar-refractivity contribution >= 4 is 17.5 Å². The molecule has 27 heavy (non-hydrogen) atoms. The van der Waals surface area contributed by atoms with Crippen molar-refractivity contribution in [2.24, 2.45) is 0 Å². The normalized spacial score (nSPS) is 13.6. The third-order valence-corrected chi connectivity index (χ3v) is 3.39. The van der Waals surface area contributed by atoms with Gasteiger partial charge in [-0.05, 0) is 39.0 Å². The quantitative estimate of drug-likeness (QED) is 0.291. The van der Waals surface area contributed by atoms with Crippen molar-refractivity contribution in [2.45, 2.75) is 38.5 Å². The van der Waals surface area contributed by atoms with Gasteiger partial charge in [0, 0.05) is 35.4 Å². The second kappa shape index (κ2) is 10.2. The first-order valence-corrected chi connectivity index (χ1v) is 8.63. The molecule has 0 aromatic heterocycles. The van der Waals surface area contributed by atoms with E-state index in [1.54, 1.807) is 12.1 Å². The molecule has 2 unspecified atom stereocenters. The Labute approximate surface area is 158 Å². The van der Waals surface area contributed by atoms with E-state index in [0.29, 0.717) is 5.69 Å². The van der Waals surface area contributed by atoms with Gasteiger partial charge in [0.15, 0.2) is 0 Å². The Morgan fingerprint density at radius 3 is 1.63 bits per heavy atom. The van der Waals surface area contributed by atoms with E-state index in [0.717, 1.165) is 0 Å². The summed E-state index contributed by atoms with van der Waals surface area (Å²) in [5, 5.41) is 44.5. The molecule has 2 atom stereocenters. The summed E-state index contributed by atoms with van der Waals surface area (Å²) in [5.41, 5.74) is 0.624. The topological polar surface area (TPSA) is 151 Å². The van der Waals surface area contributed by atoms with Gasteiger partial charge in [-0.25, -0.2) is 0 Å². The number of aliphatic hydroxyl groups excluding tert-OH is 4. The van der Waals surface area contributed by atoms with Crippen LogP contribution in [0.2, 0.25) is 0 Å². The highest BCUT2D eigenvalue weighted by Crippen LogP contribution is 2.19. The summed E-state index contributed by atoms with van der Waals surface area (Å²) in [6, 6.07) is 4.53. The van der Waals surface area contributed by atoms with Gasteiger partial charge >= 0.3 is 0 Å². The fourth-order valence-corrected chi connectivity index (χ4v) is 2.15. The van der Waals surface area contributed by atoms with Gasteiger partial charge in [-0.1, -0.05) is 0 Å². The summed E-state index contributed by atoms with van der Waals surface area (Å²) < 4.78 is 0. The third-order valence-electron chi connectivity index (χ3n) is 3.39. The molecular formula is C18H29N3O6. The molecule has 0 spiro atoms. The Morgan fingerprint density at radius 2 is 1.30 bits per heavy atom. The molecule has 0 fully saturated rings. The molecule has 1 aromatic carbocycles. The number of benzene rings is 1. The molecule has 0 heterocycles. The lowest BCUT2D eigenvalue weighted by atomic mass is 10.0. The van der Waals surface area contributed by atoms with Crippen LogP contribution in [0.25, 0.3) is 0 Å². The number of carbonyl (C=O) groups is 2. The summed E-state index contributed by atoms with van der Waals surface area (Å²) in [6.07, 6.45) is -2.15. The van der Waals surface area contributed by atoms with Crippen LogP contribution in [0, 0.1) is 0 Å². The third kappa shape index (κ3) is 8.35. The molecule has 9 heteroatoms. The lowest BCUT2D eigenvalue weighted by molar-refractivity contribution is 0.0800. The van der Waals surface area contributed by atoms with Gasteiger partial charge in [0.2, 0.25) is 0 Å². The van der Waals surface area contributed by atoms with Crippen LogP contribution in [-0.2, 0) is 0 Å². The van der Waals surface area contributed by atoms with Crippen LogP contribution in [0.4, 0.5) is 5.69 Å². The molecular weight excluding hydrogens is 354 g/mol. The van der Waals surface area contributed by atoms with Gasteiger partial charge in [0.1, 0.15) is 0 Å². The maximum atomic E-state index is 12.3. The molecule has 0 aliphatic rings. The Morgan fingerprint density at radius 1 is 0.889 bits per heavy atom. The summed E-state index contributed by atoms with van der Waals surface area (Å²) in [6.45, 7) is 4.56. The number of rotatable bonds is 9. The van der Waals surface area contributed by atoms with Crippen molar-refractivity contribution < 1.29 is 30.0 Å². The molecule has 0 aliphatic carbocycles. The van der Waals surface area contributed by atoms with Crippen LogP contribution in [0.1, 0.15) is 41.5 Å². The van der Waals surface area contributed by atoms with E-state index in [-0.39, 0.29) is 29.8 Å². The fourth-order valence-electron chi connectivity index (χ4n) is 2.15. The summed E-state index contributed by atoms with van der Waals surface area (Å²) in [5.74, 6) is -1.02. The Balaban J connectivity index is 3.05. The summed E-state index contributed by atoms with van der Waals surface area (Å²) in [7, 11) is 0. The Hall–Kier alpha value is -2.20. The van der Waals surface area contributed by atoms with Crippen LogP contribution in [0.15, 0.2) is 18.2 Å². The smallest absolute Gasteiger partial charge is 0.251 e. The highest BCUT2D eigenvalue weighted by Gasteiger charge is 2.17. The van der Waals surface area contributed by atoms with Gasteiger partial charge in [0.25, 0.3) is 11.8 Å². The molecule has 0 saturated heterocycles. The fraction of sp³-hybridized carbons (Fsp3) is 0.556. The maximum absolute atomic E-state index is 12.3. The first kappa shape index (κ1) is 22.8. The first-order chi connectivity index (χ1) is 12.6. The van der Waals surface area contributed by atoms with Gasteiger partial charge in [-0.3, -0.25) is 9.59 Å². The van der Waals surface area contributed by atoms with Crippen molar-refractivity contribution in [2.75, 3.05) is 31.6 Å². The van der Waals surface area contributed by atoms with Crippen LogP contribution >= 0.6 is 0 Å². The maximum Gasteiger partial charge on any atom is 0.251 e. The van der Waals surface area contributed by atoms with Crippen molar-refractivity contribution in [1.29, 1.82) is 0 Å². The predicted octanol–water partition coefficient (Wildman–Crippen LogP) is -0.937. The standard InChI is InChI=1S/C18H29N3O6/c1-18(2,3)21-13-5-11(16(26)19-7-14(24)9-22)4-12(6-13)17(27)20-8-15(25)10-23/h4-6,14-15,21-25H,7-10H2,1-3H3,(H,19,26)(H,20,27). The lowest BCUT2D eigenvalue weighted by Crippen LogP contribution is -2.35. The minimum atomic E-state index is -1.08. The molecule has 0 saturated carbocycles. The minimum absolute atomic E-state index is 0.128. The van der Waals surface area contributed by atoms with Crippen molar-refractivity contribution in [1.82, 2.24) is 10.6 Å². The van der Waals surface area contributed by atoms with Gasteiger partial charge in [-0.15, -0.1) is 0 Å². The number of carbonyl (C=O) groups excluding carboxylic acids is 2. The van der Waals surface area contributed by atoms with E-state index in [9.17, 15) is 19.8 Å². The molecule has 0 radical (unpaired) electrons. The van der Waals surface area contributed by atoms with E-state index in [1.165, 1.54) is 6.07 Å². The van der Waals surface area contributed by atoms with Crippen LogP contribution in [-0.4, -0.2) is 76.3 Å². The SMILES string of the molecule is CC(C)(C)Nc1cc(C(=O)NCC(O)CO)cc(C(=O)NCC(O)CO)c1. The predicted molar refractivity (Wildman–Crippen MR) is 101 cm³/mol. The monoisotopic (exact) mass is 383 g/mol. The summed E-state index contributed by atoms with van der Waals surface area (Å²) in [4.78, 5) is 24.7. The zero-order chi connectivity index (χ0) is 20.6. The van der Waals surface area contributed by atoms with Gasteiger partial charge in [0.05, 0.1) is 25.4 Å². The molecule has 2 amide bonds. The summed E-state index contributed by atoms with van der Waals surface area (Å²) >= 11 is 0. The van der Waals surface area contributed by atoms with Gasteiger partial charge in [-0.2, -0.15) is 0 Å². The Kier molecular flexibility index (Phi) is 8.64. The molecule has 0 bridgehead atoms. The number of amides is 2. The largest absolute Gasteiger partial charge is 0.394 e. The minimum Gasteiger partial charge on any atom is -0.394 e. The van der Waals surface area contributed by atoms with Crippen molar-refractivity contribution in [3.63, 3.8) is 0 Å².